The molecule has 3 rings (SSSR count). The summed E-state index contributed by atoms with van der Waals surface area (Å²) in [4.78, 5) is 15.3. The van der Waals surface area contributed by atoms with Crippen molar-refractivity contribution in [2.24, 2.45) is 0 Å². The van der Waals surface area contributed by atoms with Crippen LogP contribution in [0, 0.1) is 10.1 Å². The molecule has 0 aliphatic rings. The highest BCUT2D eigenvalue weighted by Crippen LogP contribution is 2.38. The van der Waals surface area contributed by atoms with Crippen molar-refractivity contribution in [3.63, 3.8) is 0 Å². The quantitative estimate of drug-likeness (QED) is 0.523. The van der Waals surface area contributed by atoms with E-state index in [9.17, 15) is 15.2 Å². The van der Waals surface area contributed by atoms with E-state index in [0.29, 0.717) is 11.4 Å². The number of ether oxygens (including phenoxy) is 1. The van der Waals surface area contributed by atoms with Gasteiger partial charge in [0.1, 0.15) is 5.03 Å². The number of rotatable bonds is 5. The Kier molecular flexibility index (Phi) is 4.68. The zero-order valence-electron chi connectivity index (χ0n) is 12.7. The van der Waals surface area contributed by atoms with Crippen LogP contribution in [0.1, 0.15) is 11.5 Å². The number of phenols is 1. The van der Waals surface area contributed by atoms with E-state index in [4.69, 9.17) is 20.9 Å². The number of benzene rings is 1. The average molecular weight is 380 g/mol. The van der Waals surface area contributed by atoms with Gasteiger partial charge in [-0.15, -0.1) is 11.3 Å². The van der Waals surface area contributed by atoms with Gasteiger partial charge in [-0.05, 0) is 29.2 Å². The highest BCUT2D eigenvalue weighted by Gasteiger charge is 2.20. The maximum Gasteiger partial charge on any atom is 0.315 e. The van der Waals surface area contributed by atoms with Gasteiger partial charge in [-0.3, -0.25) is 10.1 Å². The largest absolute Gasteiger partial charge is 0.500 e. The van der Waals surface area contributed by atoms with E-state index < -0.39 is 16.4 Å². The van der Waals surface area contributed by atoms with Gasteiger partial charge in [0.25, 0.3) is 5.89 Å². The van der Waals surface area contributed by atoms with E-state index in [1.807, 2.05) is 17.5 Å². The van der Waals surface area contributed by atoms with Crippen molar-refractivity contribution in [2.75, 3.05) is 7.11 Å². The first-order chi connectivity index (χ1) is 12.0. The van der Waals surface area contributed by atoms with Crippen molar-refractivity contribution >= 4 is 39.7 Å². The summed E-state index contributed by atoms with van der Waals surface area (Å²) in [6.07, 6.45) is 1.40. The molecule has 128 valence electrons. The van der Waals surface area contributed by atoms with Crippen LogP contribution in [0.5, 0.6) is 11.5 Å². The minimum Gasteiger partial charge on any atom is -0.500 e. The van der Waals surface area contributed by atoms with E-state index in [1.54, 1.807) is 0 Å². The molecular formula is C15H10ClN3O5S. The number of nitro benzene ring substituents is 1. The standard InChI is InChI=1S/C15H10ClN3O5S/c1-23-11-7-8(6-10(13(11)20)19(21)22)5-9(16)15-17-14(18-24-15)12-3-2-4-25-12/h2-7,20H,1H3/b9-5-. The number of halogens is 1. The van der Waals surface area contributed by atoms with E-state index >= 15 is 0 Å². The molecule has 0 unspecified atom stereocenters. The SMILES string of the molecule is COc1cc(/C=C(\Cl)c2nc(-c3cccs3)no2)cc([N+](=O)[O-])c1O. The third-order valence-electron chi connectivity index (χ3n) is 3.16. The van der Waals surface area contributed by atoms with Gasteiger partial charge in [0.15, 0.2) is 5.75 Å². The maximum absolute atomic E-state index is 11.0. The Morgan fingerprint density at radius 3 is 2.96 bits per heavy atom. The molecule has 0 aliphatic heterocycles. The van der Waals surface area contributed by atoms with E-state index in [-0.39, 0.29) is 16.7 Å². The average Bonchev–Trinajstić information content (AvgIpc) is 3.26. The number of hydrogen-bond donors (Lipinski definition) is 1. The second kappa shape index (κ2) is 6.91. The Hall–Kier alpha value is -2.91. The van der Waals surface area contributed by atoms with Gasteiger partial charge < -0.3 is 14.4 Å². The highest BCUT2D eigenvalue weighted by molar-refractivity contribution is 7.13. The zero-order valence-corrected chi connectivity index (χ0v) is 14.2. The summed E-state index contributed by atoms with van der Waals surface area (Å²) in [5, 5.41) is 26.6. The molecule has 1 N–H and O–H groups in total. The number of nitro groups is 1. The summed E-state index contributed by atoms with van der Waals surface area (Å²) >= 11 is 7.63. The van der Waals surface area contributed by atoms with Crippen molar-refractivity contribution in [2.45, 2.75) is 0 Å². The summed E-state index contributed by atoms with van der Waals surface area (Å²) in [6, 6.07) is 6.26. The fourth-order valence-electron chi connectivity index (χ4n) is 2.03. The normalized spacial score (nSPS) is 11.5. The lowest BCUT2D eigenvalue weighted by atomic mass is 10.1. The van der Waals surface area contributed by atoms with E-state index in [2.05, 4.69) is 10.1 Å². The number of nitrogens with zero attached hydrogens (tertiary/aromatic N) is 3. The molecular weight excluding hydrogens is 370 g/mol. The zero-order chi connectivity index (χ0) is 18.0. The first kappa shape index (κ1) is 16.9. The molecule has 1 aromatic carbocycles. The third kappa shape index (κ3) is 3.47. The molecule has 0 radical (unpaired) electrons. The second-order valence-corrected chi connectivity index (χ2v) is 6.10. The van der Waals surface area contributed by atoms with Crippen LogP contribution >= 0.6 is 22.9 Å². The minimum atomic E-state index is -0.718. The number of aromatic hydroxyl groups is 1. The lowest BCUT2D eigenvalue weighted by molar-refractivity contribution is -0.386. The molecule has 25 heavy (non-hydrogen) atoms. The Labute approximate surface area is 150 Å². The predicted molar refractivity (Wildman–Crippen MR) is 92.6 cm³/mol. The smallest absolute Gasteiger partial charge is 0.315 e. The van der Waals surface area contributed by atoms with Crippen LogP contribution in [-0.4, -0.2) is 27.3 Å². The summed E-state index contributed by atoms with van der Waals surface area (Å²) in [5.74, 6) is -0.140. The molecule has 2 heterocycles. The minimum absolute atomic E-state index is 0.0466. The predicted octanol–water partition coefficient (Wildman–Crippen LogP) is 4.16. The first-order valence-corrected chi connectivity index (χ1v) is 8.06. The highest BCUT2D eigenvalue weighted by atomic mass is 35.5. The van der Waals surface area contributed by atoms with Gasteiger partial charge in [0.2, 0.25) is 11.6 Å². The Morgan fingerprint density at radius 2 is 2.32 bits per heavy atom. The molecule has 0 fully saturated rings. The molecule has 3 aromatic rings. The van der Waals surface area contributed by atoms with Crippen molar-refractivity contribution in [1.29, 1.82) is 0 Å². The van der Waals surface area contributed by atoms with Gasteiger partial charge in [-0.2, -0.15) is 4.98 Å². The van der Waals surface area contributed by atoms with Crippen LogP contribution in [0.4, 0.5) is 5.69 Å². The second-order valence-electron chi connectivity index (χ2n) is 4.74. The first-order valence-electron chi connectivity index (χ1n) is 6.80. The number of hydrogen-bond acceptors (Lipinski definition) is 8. The van der Waals surface area contributed by atoms with Gasteiger partial charge in [0, 0.05) is 6.07 Å². The Balaban J connectivity index is 1.97. The number of thiophene rings is 1. The van der Waals surface area contributed by atoms with Crippen LogP contribution in [0.25, 0.3) is 21.8 Å². The lowest BCUT2D eigenvalue weighted by Gasteiger charge is -2.05. The molecule has 2 aromatic heterocycles. The number of methoxy groups -OCH3 is 1. The van der Waals surface area contributed by atoms with Gasteiger partial charge >= 0.3 is 5.69 Å². The summed E-state index contributed by atoms with van der Waals surface area (Å²) < 4.78 is 10.1. The van der Waals surface area contributed by atoms with E-state index in [0.717, 1.165) is 10.9 Å². The van der Waals surface area contributed by atoms with Crippen LogP contribution in [-0.2, 0) is 0 Å². The molecule has 0 atom stereocenters. The van der Waals surface area contributed by atoms with Crippen molar-refractivity contribution in [3.8, 4) is 22.2 Å². The lowest BCUT2D eigenvalue weighted by Crippen LogP contribution is -1.93. The fraction of sp³-hybridized carbons (Fsp3) is 0.0667. The topological polar surface area (TPSA) is 112 Å². The van der Waals surface area contributed by atoms with Gasteiger partial charge in [0.05, 0.1) is 16.9 Å². The maximum atomic E-state index is 11.0. The monoisotopic (exact) mass is 379 g/mol. The summed E-state index contributed by atoms with van der Waals surface area (Å²) in [7, 11) is 1.29. The van der Waals surface area contributed by atoms with Crippen LogP contribution in [0.2, 0.25) is 0 Å². The summed E-state index contributed by atoms with van der Waals surface area (Å²) in [5.41, 5.74) is -0.165. The molecule has 0 bridgehead atoms. The summed E-state index contributed by atoms with van der Waals surface area (Å²) in [6.45, 7) is 0. The van der Waals surface area contributed by atoms with Gasteiger partial charge in [-0.25, -0.2) is 0 Å². The number of aromatic nitrogens is 2. The van der Waals surface area contributed by atoms with Gasteiger partial charge in [-0.1, -0.05) is 22.8 Å². The van der Waals surface area contributed by atoms with Crippen molar-refractivity contribution in [1.82, 2.24) is 10.1 Å². The molecule has 0 amide bonds. The van der Waals surface area contributed by atoms with Crippen molar-refractivity contribution < 1.29 is 19.3 Å². The fourth-order valence-corrected chi connectivity index (χ4v) is 2.88. The van der Waals surface area contributed by atoms with Crippen LogP contribution in [0.3, 0.4) is 0 Å². The molecule has 0 saturated carbocycles. The van der Waals surface area contributed by atoms with Crippen LogP contribution < -0.4 is 4.74 Å². The molecule has 8 nitrogen and oxygen atoms in total. The Morgan fingerprint density at radius 1 is 1.52 bits per heavy atom. The van der Waals surface area contributed by atoms with E-state index in [1.165, 1.54) is 30.6 Å². The number of phenolic OH excluding ortho intramolecular Hbond substituents is 1. The molecule has 0 saturated heterocycles. The molecule has 0 aliphatic carbocycles. The molecule has 10 heteroatoms. The third-order valence-corrected chi connectivity index (χ3v) is 4.30. The molecule has 0 spiro atoms. The van der Waals surface area contributed by atoms with Crippen molar-refractivity contribution in [3.05, 3.63) is 51.2 Å². The van der Waals surface area contributed by atoms with Crippen LogP contribution in [0.15, 0.2) is 34.2 Å². The Bertz CT molecular complexity index is 952.